The Bertz CT molecular complexity index is 433. The molecular weight excluding hydrogens is 291 g/mol. The number of anilines is 2. The van der Waals surface area contributed by atoms with E-state index < -0.39 is 11.7 Å². The Kier molecular flexibility index (Phi) is 8.06. The molecule has 1 aromatic rings. The van der Waals surface area contributed by atoms with Gasteiger partial charge in [0.05, 0.1) is 11.3 Å². The molecule has 0 aromatic carbocycles. The molecule has 0 spiro atoms. The van der Waals surface area contributed by atoms with Crippen LogP contribution in [0.2, 0.25) is 0 Å². The molecule has 0 bridgehead atoms. The second-order valence-corrected chi connectivity index (χ2v) is 5.56. The van der Waals surface area contributed by atoms with E-state index in [2.05, 4.69) is 17.2 Å². The molecular formula is C16H26F3N3. The molecule has 0 aliphatic rings. The van der Waals surface area contributed by atoms with Crippen LogP contribution in [0.25, 0.3) is 0 Å². The number of hydrogen-bond acceptors (Lipinski definition) is 3. The largest absolute Gasteiger partial charge is 0.417 e. The fourth-order valence-electron chi connectivity index (χ4n) is 2.25. The van der Waals surface area contributed by atoms with E-state index in [1.807, 2.05) is 0 Å². The zero-order chi connectivity index (χ0) is 16.4. The third-order valence-corrected chi connectivity index (χ3v) is 3.59. The predicted molar refractivity (Wildman–Crippen MR) is 84.8 cm³/mol. The quantitative estimate of drug-likeness (QED) is 0.581. The molecule has 6 heteroatoms. The van der Waals surface area contributed by atoms with Crippen molar-refractivity contribution in [3.8, 4) is 0 Å². The third-order valence-electron chi connectivity index (χ3n) is 3.59. The highest BCUT2D eigenvalue weighted by atomic mass is 19.4. The molecule has 126 valence electrons. The molecule has 0 radical (unpaired) electrons. The summed E-state index contributed by atoms with van der Waals surface area (Å²) in [7, 11) is 0. The van der Waals surface area contributed by atoms with Crippen molar-refractivity contribution in [2.45, 2.75) is 64.5 Å². The summed E-state index contributed by atoms with van der Waals surface area (Å²) in [6.45, 7) is 2.81. The number of alkyl halides is 3. The molecule has 0 unspecified atom stereocenters. The lowest BCUT2D eigenvalue weighted by Crippen LogP contribution is -2.10. The van der Waals surface area contributed by atoms with E-state index in [0.29, 0.717) is 6.54 Å². The minimum absolute atomic E-state index is 0.104. The van der Waals surface area contributed by atoms with Gasteiger partial charge in [-0.15, -0.1) is 0 Å². The van der Waals surface area contributed by atoms with Crippen LogP contribution in [0.15, 0.2) is 12.3 Å². The maximum Gasteiger partial charge on any atom is 0.417 e. The molecule has 0 atom stereocenters. The van der Waals surface area contributed by atoms with Crippen molar-refractivity contribution in [1.29, 1.82) is 0 Å². The first-order valence-electron chi connectivity index (χ1n) is 8.01. The maximum atomic E-state index is 12.6. The molecule has 1 rings (SSSR count). The van der Waals surface area contributed by atoms with E-state index in [9.17, 15) is 13.2 Å². The molecule has 1 heterocycles. The summed E-state index contributed by atoms with van der Waals surface area (Å²) in [6, 6.07) is 1.02. The van der Waals surface area contributed by atoms with Crippen LogP contribution < -0.4 is 11.1 Å². The fourth-order valence-corrected chi connectivity index (χ4v) is 2.25. The molecule has 3 nitrogen and oxygen atoms in total. The minimum Gasteiger partial charge on any atom is -0.382 e. The number of pyridine rings is 1. The van der Waals surface area contributed by atoms with Gasteiger partial charge >= 0.3 is 6.18 Å². The monoisotopic (exact) mass is 317 g/mol. The lowest BCUT2D eigenvalue weighted by Gasteiger charge is -2.12. The van der Waals surface area contributed by atoms with E-state index in [4.69, 9.17) is 5.73 Å². The zero-order valence-electron chi connectivity index (χ0n) is 13.2. The molecule has 3 N–H and O–H groups in total. The number of halogens is 3. The Balaban J connectivity index is 2.25. The Labute approximate surface area is 130 Å². The van der Waals surface area contributed by atoms with Crippen LogP contribution in [0.4, 0.5) is 24.7 Å². The van der Waals surface area contributed by atoms with Gasteiger partial charge in [0.25, 0.3) is 0 Å². The van der Waals surface area contributed by atoms with E-state index in [-0.39, 0.29) is 11.5 Å². The number of nitrogens with one attached hydrogen (secondary N) is 1. The average Bonchev–Trinajstić information content (AvgIpc) is 2.46. The Hall–Kier alpha value is -1.46. The van der Waals surface area contributed by atoms with Crippen molar-refractivity contribution in [3.05, 3.63) is 17.8 Å². The van der Waals surface area contributed by atoms with Crippen LogP contribution in [-0.4, -0.2) is 11.5 Å². The predicted octanol–water partition coefficient (Wildman–Crippen LogP) is 5.24. The van der Waals surface area contributed by atoms with Crippen LogP contribution in [-0.2, 0) is 6.18 Å². The molecule has 0 saturated carbocycles. The van der Waals surface area contributed by atoms with Gasteiger partial charge in [-0.2, -0.15) is 13.2 Å². The molecule has 0 fully saturated rings. The number of rotatable bonds is 10. The van der Waals surface area contributed by atoms with Crippen LogP contribution in [0.1, 0.15) is 63.9 Å². The van der Waals surface area contributed by atoms with Gasteiger partial charge in [0.15, 0.2) is 0 Å². The van der Waals surface area contributed by atoms with E-state index in [0.717, 1.165) is 25.1 Å². The SMILES string of the molecule is CCCCCCCCCCNc1cc(C(F)(F)F)cnc1N. The second-order valence-electron chi connectivity index (χ2n) is 5.56. The summed E-state index contributed by atoms with van der Waals surface area (Å²) in [4.78, 5) is 3.60. The molecule has 0 aliphatic heterocycles. The van der Waals surface area contributed by atoms with Gasteiger partial charge in [0.2, 0.25) is 0 Å². The Morgan fingerprint density at radius 1 is 1.05 bits per heavy atom. The summed E-state index contributed by atoms with van der Waals surface area (Å²) in [5.41, 5.74) is 5.08. The van der Waals surface area contributed by atoms with Crippen molar-refractivity contribution in [1.82, 2.24) is 4.98 Å². The van der Waals surface area contributed by atoms with Crippen molar-refractivity contribution >= 4 is 11.5 Å². The Morgan fingerprint density at radius 2 is 1.64 bits per heavy atom. The van der Waals surface area contributed by atoms with Gasteiger partial charge in [-0.1, -0.05) is 51.9 Å². The number of nitrogens with zero attached hydrogens (tertiary/aromatic N) is 1. The molecule has 0 saturated heterocycles. The summed E-state index contributed by atoms with van der Waals surface area (Å²) in [5.74, 6) is 0.104. The van der Waals surface area contributed by atoms with Crippen LogP contribution in [0.3, 0.4) is 0 Å². The van der Waals surface area contributed by atoms with Gasteiger partial charge in [0, 0.05) is 12.7 Å². The van der Waals surface area contributed by atoms with Gasteiger partial charge in [-0.3, -0.25) is 0 Å². The lowest BCUT2D eigenvalue weighted by molar-refractivity contribution is -0.137. The van der Waals surface area contributed by atoms with Crippen molar-refractivity contribution in [2.24, 2.45) is 0 Å². The highest BCUT2D eigenvalue weighted by molar-refractivity contribution is 5.62. The summed E-state index contributed by atoms with van der Waals surface area (Å²) >= 11 is 0. The van der Waals surface area contributed by atoms with Gasteiger partial charge in [-0.25, -0.2) is 4.98 Å². The number of nitrogens with two attached hydrogens (primary N) is 1. The maximum absolute atomic E-state index is 12.6. The number of unbranched alkanes of at least 4 members (excludes halogenated alkanes) is 7. The molecule has 22 heavy (non-hydrogen) atoms. The van der Waals surface area contributed by atoms with Gasteiger partial charge in [0.1, 0.15) is 5.82 Å². The highest BCUT2D eigenvalue weighted by Gasteiger charge is 2.31. The first kappa shape index (κ1) is 18.6. The first-order chi connectivity index (χ1) is 10.4. The van der Waals surface area contributed by atoms with Crippen molar-refractivity contribution < 1.29 is 13.2 Å². The normalized spacial score (nSPS) is 11.6. The lowest BCUT2D eigenvalue weighted by atomic mass is 10.1. The van der Waals surface area contributed by atoms with Gasteiger partial charge in [-0.05, 0) is 12.5 Å². The highest BCUT2D eigenvalue weighted by Crippen LogP contribution is 2.31. The third kappa shape index (κ3) is 7.00. The zero-order valence-corrected chi connectivity index (χ0v) is 13.2. The van der Waals surface area contributed by atoms with E-state index in [1.54, 1.807) is 0 Å². The smallest absolute Gasteiger partial charge is 0.382 e. The topological polar surface area (TPSA) is 50.9 Å². The number of hydrogen-bond donors (Lipinski definition) is 2. The van der Waals surface area contributed by atoms with Crippen LogP contribution >= 0.6 is 0 Å². The number of aromatic nitrogens is 1. The second kappa shape index (κ2) is 9.54. The first-order valence-corrected chi connectivity index (χ1v) is 8.01. The average molecular weight is 317 g/mol. The van der Waals surface area contributed by atoms with Crippen LogP contribution in [0, 0.1) is 0 Å². The standard InChI is InChI=1S/C16H26F3N3/c1-2-3-4-5-6-7-8-9-10-21-14-11-13(16(17,18)19)12-22-15(14)20/h11-12,21H,2-10H2,1H3,(H2,20,22). The van der Waals surface area contributed by atoms with E-state index >= 15 is 0 Å². The van der Waals surface area contributed by atoms with Gasteiger partial charge < -0.3 is 11.1 Å². The molecule has 1 aromatic heterocycles. The van der Waals surface area contributed by atoms with Crippen LogP contribution in [0.5, 0.6) is 0 Å². The summed E-state index contributed by atoms with van der Waals surface area (Å²) in [6.07, 6.45) is 5.86. The minimum atomic E-state index is -4.39. The Morgan fingerprint density at radius 3 is 2.23 bits per heavy atom. The number of nitrogen functional groups attached to an aromatic ring is 1. The van der Waals surface area contributed by atoms with Crippen molar-refractivity contribution in [3.63, 3.8) is 0 Å². The van der Waals surface area contributed by atoms with E-state index in [1.165, 1.54) is 38.5 Å². The molecule has 0 amide bonds. The fraction of sp³-hybridized carbons (Fsp3) is 0.688. The summed E-state index contributed by atoms with van der Waals surface area (Å²) in [5, 5.41) is 2.95. The summed E-state index contributed by atoms with van der Waals surface area (Å²) < 4.78 is 37.8. The van der Waals surface area contributed by atoms with Crippen molar-refractivity contribution in [2.75, 3.05) is 17.6 Å². The molecule has 0 aliphatic carbocycles.